The number of allylic oxidation sites excluding steroid dienone is 2. The summed E-state index contributed by atoms with van der Waals surface area (Å²) < 4.78 is 25.3. The molecule has 2 aliphatic carbocycles. The summed E-state index contributed by atoms with van der Waals surface area (Å²) in [6.45, 7) is 2.27. The molecule has 0 radical (unpaired) electrons. The molecule has 0 atom stereocenters. The van der Waals surface area contributed by atoms with E-state index in [1.807, 2.05) is 6.08 Å². The van der Waals surface area contributed by atoms with Crippen LogP contribution in [0.15, 0.2) is 12.2 Å². The topological polar surface area (TPSA) is 0 Å². The minimum atomic E-state index is -2.14. The summed E-state index contributed by atoms with van der Waals surface area (Å²) in [5.74, 6) is 8.07. The van der Waals surface area contributed by atoms with Crippen LogP contribution in [-0.4, -0.2) is 6.43 Å². The number of rotatable bonds is 6. The molecule has 2 fully saturated rings. The van der Waals surface area contributed by atoms with Crippen LogP contribution in [0.5, 0.6) is 0 Å². The first-order valence-electron chi connectivity index (χ1n) is 10.1. The average Bonchev–Trinajstić information content (AvgIpc) is 2.60. The third kappa shape index (κ3) is 6.96. The second-order valence-electron chi connectivity index (χ2n) is 7.87. The standard InChI is InChI=1S/C22H34F2/c1-2-3-4-7-18-10-12-19(13-11-18)8-5-6-9-20-14-16-21(17-15-20)22(23)24/h5,8,18-22H,2-4,7,10-17H2,1H3. The second-order valence-corrected chi connectivity index (χ2v) is 7.87. The van der Waals surface area contributed by atoms with E-state index in [1.54, 1.807) is 0 Å². The van der Waals surface area contributed by atoms with Crippen molar-refractivity contribution in [3.05, 3.63) is 12.2 Å². The maximum atomic E-state index is 12.6. The zero-order chi connectivity index (χ0) is 17.2. The molecule has 0 N–H and O–H groups in total. The van der Waals surface area contributed by atoms with Crippen molar-refractivity contribution in [2.45, 2.75) is 90.4 Å². The lowest BCUT2D eigenvalue weighted by molar-refractivity contribution is 0.0513. The highest BCUT2D eigenvalue weighted by Gasteiger charge is 2.26. The molecule has 24 heavy (non-hydrogen) atoms. The number of hydrogen-bond acceptors (Lipinski definition) is 0. The molecule has 0 nitrogen and oxygen atoms in total. The van der Waals surface area contributed by atoms with Crippen LogP contribution in [-0.2, 0) is 0 Å². The summed E-state index contributed by atoms with van der Waals surface area (Å²) in [6.07, 6.45) is 16.1. The molecule has 2 aliphatic rings. The molecule has 0 saturated heterocycles. The van der Waals surface area contributed by atoms with E-state index in [1.165, 1.54) is 51.4 Å². The first-order chi connectivity index (χ1) is 11.7. The Balaban J connectivity index is 1.62. The Labute approximate surface area is 147 Å². The summed E-state index contributed by atoms with van der Waals surface area (Å²) in [4.78, 5) is 0. The molecule has 0 amide bonds. The fraction of sp³-hybridized carbons (Fsp3) is 0.818. The van der Waals surface area contributed by atoms with Gasteiger partial charge in [0.2, 0.25) is 6.43 Å². The molecule has 0 aliphatic heterocycles. The van der Waals surface area contributed by atoms with E-state index in [0.717, 1.165) is 18.8 Å². The van der Waals surface area contributed by atoms with Crippen LogP contribution >= 0.6 is 0 Å². The van der Waals surface area contributed by atoms with Crippen molar-refractivity contribution in [1.29, 1.82) is 0 Å². The van der Waals surface area contributed by atoms with Gasteiger partial charge in [-0.3, -0.25) is 0 Å². The quantitative estimate of drug-likeness (QED) is 0.362. The number of hydrogen-bond donors (Lipinski definition) is 0. The SMILES string of the molecule is CCCCCC1CCC(C=CC#CC2CCC(C(F)F)CC2)CC1. The third-order valence-electron chi connectivity index (χ3n) is 5.97. The predicted molar refractivity (Wildman–Crippen MR) is 98.0 cm³/mol. The lowest BCUT2D eigenvalue weighted by Crippen LogP contribution is -2.19. The Kier molecular flexibility index (Phi) is 8.86. The Hall–Kier alpha value is -0.840. The predicted octanol–water partition coefficient (Wildman–Crippen LogP) is 7.00. The maximum Gasteiger partial charge on any atom is 0.241 e. The van der Waals surface area contributed by atoms with Gasteiger partial charge < -0.3 is 0 Å². The minimum Gasteiger partial charge on any atom is -0.210 e. The molecule has 2 rings (SSSR count). The normalized spacial score (nSPS) is 31.2. The summed E-state index contributed by atoms with van der Waals surface area (Å²) in [6, 6.07) is 0. The lowest BCUT2D eigenvalue weighted by atomic mass is 9.79. The van der Waals surface area contributed by atoms with Crippen LogP contribution in [0, 0.1) is 35.5 Å². The lowest BCUT2D eigenvalue weighted by Gasteiger charge is -2.26. The van der Waals surface area contributed by atoms with Crippen LogP contribution in [0.25, 0.3) is 0 Å². The first-order valence-corrected chi connectivity index (χ1v) is 10.1. The highest BCUT2D eigenvalue weighted by molar-refractivity contribution is 5.18. The van der Waals surface area contributed by atoms with Crippen molar-refractivity contribution in [1.82, 2.24) is 0 Å². The summed E-state index contributed by atoms with van der Waals surface area (Å²) in [7, 11) is 0. The fourth-order valence-electron chi connectivity index (χ4n) is 4.22. The first kappa shape index (κ1) is 19.5. The second kappa shape index (κ2) is 10.9. The summed E-state index contributed by atoms with van der Waals surface area (Å²) in [5, 5.41) is 0. The van der Waals surface area contributed by atoms with Gasteiger partial charge in [-0.1, -0.05) is 50.5 Å². The Bertz CT molecular complexity index is 413. The molecular weight excluding hydrogens is 302 g/mol. The van der Waals surface area contributed by atoms with Gasteiger partial charge in [-0.25, -0.2) is 8.78 Å². The van der Waals surface area contributed by atoms with E-state index in [2.05, 4.69) is 24.8 Å². The molecule has 2 saturated carbocycles. The van der Waals surface area contributed by atoms with Gasteiger partial charge in [0, 0.05) is 11.8 Å². The molecule has 0 spiro atoms. The van der Waals surface area contributed by atoms with Crippen molar-refractivity contribution in [2.75, 3.05) is 0 Å². The van der Waals surface area contributed by atoms with Gasteiger partial charge in [-0.05, 0) is 69.3 Å². The molecule has 0 bridgehead atoms. The van der Waals surface area contributed by atoms with E-state index in [9.17, 15) is 8.78 Å². The number of halogens is 2. The molecule has 136 valence electrons. The largest absolute Gasteiger partial charge is 0.241 e. The van der Waals surface area contributed by atoms with Gasteiger partial charge >= 0.3 is 0 Å². The van der Waals surface area contributed by atoms with E-state index in [-0.39, 0.29) is 5.92 Å². The van der Waals surface area contributed by atoms with Crippen molar-refractivity contribution in [3.63, 3.8) is 0 Å². The van der Waals surface area contributed by atoms with Gasteiger partial charge in [-0.2, -0.15) is 0 Å². The van der Waals surface area contributed by atoms with Crippen LogP contribution in [0.2, 0.25) is 0 Å². The highest BCUT2D eigenvalue weighted by Crippen LogP contribution is 2.33. The van der Waals surface area contributed by atoms with Gasteiger partial charge in [0.1, 0.15) is 0 Å². The van der Waals surface area contributed by atoms with Gasteiger partial charge in [0.05, 0.1) is 0 Å². The number of unbranched alkanes of at least 4 members (excludes halogenated alkanes) is 2. The minimum absolute atomic E-state index is 0.332. The summed E-state index contributed by atoms with van der Waals surface area (Å²) >= 11 is 0. The molecule has 2 heteroatoms. The average molecular weight is 337 g/mol. The van der Waals surface area contributed by atoms with E-state index < -0.39 is 6.43 Å². The van der Waals surface area contributed by atoms with E-state index in [0.29, 0.717) is 24.7 Å². The smallest absolute Gasteiger partial charge is 0.210 e. The van der Waals surface area contributed by atoms with Gasteiger partial charge in [0.15, 0.2) is 0 Å². The van der Waals surface area contributed by atoms with E-state index >= 15 is 0 Å². The molecule has 0 aromatic rings. The zero-order valence-corrected chi connectivity index (χ0v) is 15.3. The molecule has 0 unspecified atom stereocenters. The highest BCUT2D eigenvalue weighted by atomic mass is 19.3. The maximum absolute atomic E-state index is 12.6. The third-order valence-corrected chi connectivity index (χ3v) is 5.97. The van der Waals surface area contributed by atoms with Crippen molar-refractivity contribution >= 4 is 0 Å². The Morgan fingerprint density at radius 3 is 2.29 bits per heavy atom. The van der Waals surface area contributed by atoms with Crippen LogP contribution in [0.1, 0.15) is 84.0 Å². The van der Waals surface area contributed by atoms with Gasteiger partial charge in [0.25, 0.3) is 0 Å². The fourth-order valence-corrected chi connectivity index (χ4v) is 4.22. The monoisotopic (exact) mass is 336 g/mol. The van der Waals surface area contributed by atoms with Crippen LogP contribution in [0.3, 0.4) is 0 Å². The Morgan fingerprint density at radius 2 is 1.67 bits per heavy atom. The van der Waals surface area contributed by atoms with Crippen molar-refractivity contribution in [2.24, 2.45) is 23.7 Å². The van der Waals surface area contributed by atoms with Crippen LogP contribution < -0.4 is 0 Å². The van der Waals surface area contributed by atoms with Gasteiger partial charge in [-0.15, -0.1) is 0 Å². The molecule has 0 aromatic heterocycles. The van der Waals surface area contributed by atoms with Crippen molar-refractivity contribution in [3.8, 4) is 11.8 Å². The van der Waals surface area contributed by atoms with E-state index in [4.69, 9.17) is 0 Å². The van der Waals surface area contributed by atoms with Crippen molar-refractivity contribution < 1.29 is 8.78 Å². The number of alkyl halides is 2. The van der Waals surface area contributed by atoms with Crippen LogP contribution in [0.4, 0.5) is 8.78 Å². The molecule has 0 aromatic carbocycles. The molecule has 0 heterocycles. The summed E-state index contributed by atoms with van der Waals surface area (Å²) in [5.41, 5.74) is 0. The zero-order valence-electron chi connectivity index (χ0n) is 15.3. The molecular formula is C22H34F2. The Morgan fingerprint density at radius 1 is 0.958 bits per heavy atom.